The van der Waals surface area contributed by atoms with Crippen molar-refractivity contribution in [1.82, 2.24) is 9.80 Å². The van der Waals surface area contributed by atoms with Crippen LogP contribution in [0.15, 0.2) is 22.8 Å². The van der Waals surface area contributed by atoms with E-state index in [1.165, 1.54) is 38.4 Å². The van der Waals surface area contributed by atoms with Crippen molar-refractivity contribution in [3.63, 3.8) is 0 Å². The van der Waals surface area contributed by atoms with Gasteiger partial charge in [0, 0.05) is 32.6 Å². The lowest BCUT2D eigenvalue weighted by molar-refractivity contribution is -0.134. The van der Waals surface area contributed by atoms with Crippen molar-refractivity contribution in [2.75, 3.05) is 32.7 Å². The summed E-state index contributed by atoms with van der Waals surface area (Å²) in [7, 11) is 0. The second kappa shape index (κ2) is 7.77. The van der Waals surface area contributed by atoms with E-state index in [2.05, 4.69) is 4.90 Å². The fourth-order valence-electron chi connectivity index (χ4n) is 3.64. The van der Waals surface area contributed by atoms with Crippen LogP contribution in [0.3, 0.4) is 0 Å². The highest BCUT2D eigenvalue weighted by Gasteiger charge is 2.25. The third-order valence-corrected chi connectivity index (χ3v) is 5.08. The smallest absolute Gasteiger partial charge is 0.222 e. The number of furan rings is 1. The Balaban J connectivity index is 1.41. The largest absolute Gasteiger partial charge is 0.461 e. The molecular weight excluding hydrogens is 292 g/mol. The summed E-state index contributed by atoms with van der Waals surface area (Å²) in [4.78, 5) is 28.5. The van der Waals surface area contributed by atoms with E-state index in [0.29, 0.717) is 30.6 Å². The van der Waals surface area contributed by atoms with E-state index < -0.39 is 0 Å². The van der Waals surface area contributed by atoms with Gasteiger partial charge in [-0.15, -0.1) is 0 Å². The molecule has 0 aromatic carbocycles. The number of piperazine rings is 1. The lowest BCUT2D eigenvalue weighted by atomic mass is 9.86. The molecule has 1 amide bonds. The van der Waals surface area contributed by atoms with Crippen LogP contribution in [0, 0.1) is 5.92 Å². The first kappa shape index (κ1) is 16.2. The maximum atomic E-state index is 12.4. The zero-order valence-corrected chi connectivity index (χ0v) is 13.7. The number of hydrogen-bond acceptors (Lipinski definition) is 4. The molecule has 1 aliphatic heterocycles. The Morgan fingerprint density at radius 3 is 2.48 bits per heavy atom. The molecule has 1 aromatic rings. The average Bonchev–Trinajstić information content (AvgIpc) is 3.11. The van der Waals surface area contributed by atoms with E-state index in [1.807, 2.05) is 4.90 Å². The minimum atomic E-state index is 0.0111. The normalized spacial score (nSPS) is 20.6. The maximum absolute atomic E-state index is 12.4. The molecular formula is C18H26N2O3. The Kier molecular flexibility index (Phi) is 5.49. The van der Waals surface area contributed by atoms with Gasteiger partial charge in [0.15, 0.2) is 5.76 Å². The average molecular weight is 318 g/mol. The molecule has 0 atom stereocenters. The van der Waals surface area contributed by atoms with Gasteiger partial charge in [-0.2, -0.15) is 0 Å². The lowest BCUT2D eigenvalue weighted by Gasteiger charge is -2.35. The zero-order valence-electron chi connectivity index (χ0n) is 13.7. The summed E-state index contributed by atoms with van der Waals surface area (Å²) in [5, 5.41) is 0. The summed E-state index contributed by atoms with van der Waals surface area (Å²) < 4.78 is 5.14. The van der Waals surface area contributed by atoms with Crippen molar-refractivity contribution in [3.05, 3.63) is 24.2 Å². The molecule has 5 nitrogen and oxygen atoms in total. The van der Waals surface area contributed by atoms with Gasteiger partial charge in [-0.1, -0.05) is 19.3 Å². The SMILES string of the molecule is O=C(CN1CCN(C(=O)CC2CCCCC2)CC1)c1ccco1. The Hall–Kier alpha value is -1.62. The van der Waals surface area contributed by atoms with Gasteiger partial charge in [-0.25, -0.2) is 0 Å². The lowest BCUT2D eigenvalue weighted by Crippen LogP contribution is -2.50. The van der Waals surface area contributed by atoms with Gasteiger partial charge in [0.2, 0.25) is 11.7 Å². The van der Waals surface area contributed by atoms with Crippen LogP contribution in [0.4, 0.5) is 0 Å². The predicted octanol–water partition coefficient (Wildman–Crippen LogP) is 2.58. The Morgan fingerprint density at radius 2 is 1.83 bits per heavy atom. The van der Waals surface area contributed by atoms with Crippen molar-refractivity contribution in [2.45, 2.75) is 38.5 Å². The van der Waals surface area contributed by atoms with E-state index in [9.17, 15) is 9.59 Å². The highest BCUT2D eigenvalue weighted by molar-refractivity contribution is 5.95. The van der Waals surface area contributed by atoms with Gasteiger partial charge in [-0.05, 0) is 30.9 Å². The number of rotatable bonds is 5. The molecule has 5 heteroatoms. The highest BCUT2D eigenvalue weighted by atomic mass is 16.3. The van der Waals surface area contributed by atoms with Crippen LogP contribution in [0.1, 0.15) is 49.1 Å². The van der Waals surface area contributed by atoms with Crippen LogP contribution in [0.5, 0.6) is 0 Å². The third-order valence-electron chi connectivity index (χ3n) is 5.08. The van der Waals surface area contributed by atoms with E-state index in [0.717, 1.165) is 26.2 Å². The van der Waals surface area contributed by atoms with Crippen molar-refractivity contribution in [3.8, 4) is 0 Å². The standard InChI is InChI=1S/C18H26N2O3/c21-16(17-7-4-12-23-17)14-19-8-10-20(11-9-19)18(22)13-15-5-2-1-3-6-15/h4,7,12,15H,1-3,5-6,8-11,13-14H2. The first-order valence-electron chi connectivity index (χ1n) is 8.79. The Morgan fingerprint density at radius 1 is 1.09 bits per heavy atom. The molecule has 1 aliphatic carbocycles. The first-order chi connectivity index (χ1) is 11.2. The van der Waals surface area contributed by atoms with E-state index >= 15 is 0 Å². The van der Waals surface area contributed by atoms with Gasteiger partial charge in [-0.3, -0.25) is 14.5 Å². The highest BCUT2D eigenvalue weighted by Crippen LogP contribution is 2.27. The molecule has 1 saturated carbocycles. The van der Waals surface area contributed by atoms with Gasteiger partial charge < -0.3 is 9.32 Å². The quantitative estimate of drug-likeness (QED) is 0.783. The molecule has 23 heavy (non-hydrogen) atoms. The number of ketones is 1. The maximum Gasteiger partial charge on any atom is 0.222 e. The van der Waals surface area contributed by atoms with Crippen LogP contribution < -0.4 is 0 Å². The molecule has 1 aromatic heterocycles. The Labute approximate surface area is 137 Å². The molecule has 2 fully saturated rings. The fraction of sp³-hybridized carbons (Fsp3) is 0.667. The number of amides is 1. The Bertz CT molecular complexity index is 512. The van der Waals surface area contributed by atoms with Crippen molar-refractivity contribution in [1.29, 1.82) is 0 Å². The van der Waals surface area contributed by atoms with Crippen molar-refractivity contribution in [2.24, 2.45) is 5.92 Å². The molecule has 0 unspecified atom stereocenters. The molecule has 1 saturated heterocycles. The van der Waals surface area contributed by atoms with Crippen LogP contribution >= 0.6 is 0 Å². The molecule has 2 aliphatic rings. The van der Waals surface area contributed by atoms with Gasteiger partial charge in [0.25, 0.3) is 0 Å². The number of nitrogens with zero attached hydrogens (tertiary/aromatic N) is 2. The fourth-order valence-corrected chi connectivity index (χ4v) is 3.64. The number of carbonyl (C=O) groups is 2. The van der Waals surface area contributed by atoms with Gasteiger partial charge in [0.1, 0.15) is 0 Å². The molecule has 0 bridgehead atoms. The minimum Gasteiger partial charge on any atom is -0.461 e. The summed E-state index contributed by atoms with van der Waals surface area (Å²) in [6, 6.07) is 3.43. The van der Waals surface area contributed by atoms with Gasteiger partial charge in [0.05, 0.1) is 12.8 Å². The summed E-state index contributed by atoms with van der Waals surface area (Å²) in [5.74, 6) is 1.32. The van der Waals surface area contributed by atoms with Crippen molar-refractivity contribution < 1.29 is 14.0 Å². The summed E-state index contributed by atoms with van der Waals surface area (Å²) in [6.07, 6.45) is 8.54. The zero-order chi connectivity index (χ0) is 16.1. The van der Waals surface area contributed by atoms with Crippen molar-refractivity contribution >= 4 is 11.7 Å². The third kappa shape index (κ3) is 4.44. The second-order valence-corrected chi connectivity index (χ2v) is 6.77. The van der Waals surface area contributed by atoms with Crippen LogP contribution in [-0.4, -0.2) is 54.2 Å². The molecule has 126 valence electrons. The van der Waals surface area contributed by atoms with Crippen LogP contribution in [0.25, 0.3) is 0 Å². The first-order valence-corrected chi connectivity index (χ1v) is 8.79. The topological polar surface area (TPSA) is 53.8 Å². The number of hydrogen-bond donors (Lipinski definition) is 0. The molecule has 0 radical (unpaired) electrons. The monoisotopic (exact) mass is 318 g/mol. The number of carbonyl (C=O) groups excluding carboxylic acids is 2. The van der Waals surface area contributed by atoms with E-state index in [1.54, 1.807) is 12.1 Å². The van der Waals surface area contributed by atoms with Gasteiger partial charge >= 0.3 is 0 Å². The summed E-state index contributed by atoms with van der Waals surface area (Å²) in [5.41, 5.74) is 0. The summed E-state index contributed by atoms with van der Waals surface area (Å²) in [6.45, 7) is 3.37. The number of Topliss-reactive ketones (excluding diaryl/α,β-unsaturated/α-hetero) is 1. The van der Waals surface area contributed by atoms with Crippen LogP contribution in [0.2, 0.25) is 0 Å². The van der Waals surface area contributed by atoms with Crippen LogP contribution in [-0.2, 0) is 4.79 Å². The summed E-state index contributed by atoms with van der Waals surface area (Å²) >= 11 is 0. The van der Waals surface area contributed by atoms with E-state index in [4.69, 9.17) is 4.42 Å². The molecule has 3 rings (SSSR count). The molecule has 0 N–H and O–H groups in total. The van der Waals surface area contributed by atoms with E-state index in [-0.39, 0.29) is 5.78 Å². The second-order valence-electron chi connectivity index (χ2n) is 6.77. The predicted molar refractivity (Wildman–Crippen MR) is 87.3 cm³/mol. The molecule has 0 spiro atoms. The minimum absolute atomic E-state index is 0.0111. The molecule has 2 heterocycles.